The summed E-state index contributed by atoms with van der Waals surface area (Å²) >= 11 is 0. The number of benzene rings is 3. The molecule has 0 N–H and O–H groups in total. The van der Waals surface area contributed by atoms with E-state index in [0.29, 0.717) is 38.0 Å². The summed E-state index contributed by atoms with van der Waals surface area (Å²) < 4.78 is 5.53. The fourth-order valence-corrected chi connectivity index (χ4v) is 3.86. The van der Waals surface area contributed by atoms with Crippen molar-refractivity contribution in [1.29, 1.82) is 0 Å². The van der Waals surface area contributed by atoms with Crippen molar-refractivity contribution in [3.63, 3.8) is 0 Å². The summed E-state index contributed by atoms with van der Waals surface area (Å²) in [5.41, 5.74) is 3.15. The summed E-state index contributed by atoms with van der Waals surface area (Å²) in [5, 5.41) is 6.49. The lowest BCUT2D eigenvalue weighted by Gasteiger charge is -2.32. The normalized spacial score (nSPS) is 14.4. The number of fused-ring (bicyclic) bond motifs is 1. The molecule has 1 aromatic heterocycles. The van der Waals surface area contributed by atoms with Gasteiger partial charge in [-0.3, -0.25) is 4.79 Å². The second-order valence-corrected chi connectivity index (χ2v) is 8.02. The van der Waals surface area contributed by atoms with Crippen LogP contribution < -0.4 is 4.90 Å². The Morgan fingerprint density at radius 2 is 1.69 bits per heavy atom. The topological polar surface area (TPSA) is 62.5 Å². The smallest absolute Gasteiger partial charge is 0.324 e. The zero-order valence-corrected chi connectivity index (χ0v) is 17.9. The van der Waals surface area contributed by atoms with Gasteiger partial charge in [0.25, 0.3) is 0 Å². The van der Waals surface area contributed by atoms with Gasteiger partial charge in [-0.15, -0.1) is 0 Å². The first kappa shape index (κ1) is 20.0. The highest BCUT2D eigenvalue weighted by atomic mass is 16.5. The van der Waals surface area contributed by atoms with Crippen molar-refractivity contribution in [2.24, 2.45) is 0 Å². The van der Waals surface area contributed by atoms with E-state index in [-0.39, 0.29) is 5.91 Å². The van der Waals surface area contributed by atoms with Crippen LogP contribution >= 0.6 is 0 Å². The Morgan fingerprint density at radius 1 is 0.938 bits per heavy atom. The standard InChI is InChI=1S/C26H24N4O2/c1-19-6-8-20(9-7-19)10-13-24(31)29-14-16-30(17-15-29)26-27-25(28-32-26)23-12-11-21-4-2-3-5-22(21)18-23/h2-13,18H,14-17H2,1H3/b13-10+. The first-order valence-corrected chi connectivity index (χ1v) is 10.8. The molecule has 1 amide bonds. The molecule has 4 aromatic rings. The minimum Gasteiger partial charge on any atom is -0.336 e. The molecule has 5 rings (SSSR count). The van der Waals surface area contributed by atoms with E-state index < -0.39 is 0 Å². The van der Waals surface area contributed by atoms with E-state index in [4.69, 9.17) is 4.52 Å². The van der Waals surface area contributed by atoms with Crippen molar-refractivity contribution in [2.45, 2.75) is 6.92 Å². The highest BCUT2D eigenvalue weighted by Crippen LogP contribution is 2.24. The van der Waals surface area contributed by atoms with Gasteiger partial charge >= 0.3 is 6.01 Å². The van der Waals surface area contributed by atoms with Crippen LogP contribution in [-0.2, 0) is 4.79 Å². The molecular formula is C26H24N4O2. The number of hydrogen-bond donors (Lipinski definition) is 0. The van der Waals surface area contributed by atoms with Crippen molar-refractivity contribution >= 4 is 28.8 Å². The molecule has 160 valence electrons. The van der Waals surface area contributed by atoms with Crippen LogP contribution in [0.3, 0.4) is 0 Å². The molecule has 0 unspecified atom stereocenters. The summed E-state index contributed by atoms with van der Waals surface area (Å²) in [6.45, 7) is 4.59. The van der Waals surface area contributed by atoms with Crippen LogP contribution in [0.5, 0.6) is 0 Å². The molecule has 6 heteroatoms. The molecule has 0 bridgehead atoms. The van der Waals surface area contributed by atoms with Crippen molar-refractivity contribution in [1.82, 2.24) is 15.0 Å². The third-order valence-electron chi connectivity index (χ3n) is 5.78. The molecule has 0 aliphatic carbocycles. The Kier molecular flexibility index (Phi) is 5.42. The van der Waals surface area contributed by atoms with Gasteiger partial charge in [-0.2, -0.15) is 4.98 Å². The van der Waals surface area contributed by atoms with Gasteiger partial charge in [-0.25, -0.2) is 0 Å². The van der Waals surface area contributed by atoms with Gasteiger partial charge in [-0.05, 0) is 35.4 Å². The fourth-order valence-electron chi connectivity index (χ4n) is 3.86. The Balaban J connectivity index is 1.21. The van der Waals surface area contributed by atoms with Crippen molar-refractivity contribution in [2.75, 3.05) is 31.1 Å². The molecule has 1 saturated heterocycles. The van der Waals surface area contributed by atoms with E-state index >= 15 is 0 Å². The van der Waals surface area contributed by atoms with E-state index in [9.17, 15) is 4.79 Å². The molecule has 32 heavy (non-hydrogen) atoms. The summed E-state index contributed by atoms with van der Waals surface area (Å²) in [4.78, 5) is 21.0. The number of carbonyl (C=O) groups is 1. The molecule has 0 radical (unpaired) electrons. The highest BCUT2D eigenvalue weighted by Gasteiger charge is 2.23. The summed E-state index contributed by atoms with van der Waals surface area (Å²) in [6, 6.07) is 22.9. The number of amides is 1. The summed E-state index contributed by atoms with van der Waals surface area (Å²) in [5.74, 6) is 0.595. The van der Waals surface area contributed by atoms with Gasteiger partial charge in [0.05, 0.1) is 0 Å². The molecule has 0 spiro atoms. The average Bonchev–Trinajstić information content (AvgIpc) is 3.34. The first-order valence-electron chi connectivity index (χ1n) is 10.8. The Labute approximate surface area is 186 Å². The van der Waals surface area contributed by atoms with E-state index in [1.54, 1.807) is 6.08 Å². The number of piperazine rings is 1. The minimum absolute atomic E-state index is 0.0209. The average molecular weight is 425 g/mol. The monoisotopic (exact) mass is 424 g/mol. The van der Waals surface area contributed by atoms with Gasteiger partial charge in [-0.1, -0.05) is 71.4 Å². The van der Waals surface area contributed by atoms with Gasteiger partial charge in [0, 0.05) is 37.8 Å². The molecule has 3 aromatic carbocycles. The number of carbonyl (C=O) groups excluding carboxylic acids is 1. The van der Waals surface area contributed by atoms with Crippen LogP contribution in [-0.4, -0.2) is 47.1 Å². The molecule has 1 aliphatic rings. The fraction of sp³-hybridized carbons (Fsp3) is 0.192. The molecule has 6 nitrogen and oxygen atoms in total. The zero-order valence-electron chi connectivity index (χ0n) is 17.9. The Morgan fingerprint density at radius 3 is 2.47 bits per heavy atom. The third kappa shape index (κ3) is 4.25. The highest BCUT2D eigenvalue weighted by molar-refractivity contribution is 5.92. The van der Waals surface area contributed by atoms with E-state index in [0.717, 1.165) is 16.5 Å². The van der Waals surface area contributed by atoms with E-state index in [2.05, 4.69) is 34.4 Å². The maximum atomic E-state index is 12.5. The van der Waals surface area contributed by atoms with Gasteiger partial charge in [0.15, 0.2) is 0 Å². The second-order valence-electron chi connectivity index (χ2n) is 8.02. The van der Waals surface area contributed by atoms with E-state index in [1.807, 2.05) is 65.3 Å². The largest absolute Gasteiger partial charge is 0.336 e. The van der Waals surface area contributed by atoms with Gasteiger partial charge in [0.2, 0.25) is 11.7 Å². The van der Waals surface area contributed by atoms with Crippen molar-refractivity contribution in [3.8, 4) is 11.4 Å². The van der Waals surface area contributed by atoms with Gasteiger partial charge < -0.3 is 14.3 Å². The number of rotatable bonds is 4. The number of aryl methyl sites for hydroxylation is 1. The van der Waals surface area contributed by atoms with E-state index in [1.165, 1.54) is 10.9 Å². The Hall–Kier alpha value is -3.93. The number of nitrogens with zero attached hydrogens (tertiary/aromatic N) is 4. The lowest BCUT2D eigenvalue weighted by Crippen LogP contribution is -2.48. The van der Waals surface area contributed by atoms with Crippen LogP contribution in [0.15, 0.2) is 77.3 Å². The maximum Gasteiger partial charge on any atom is 0.324 e. The predicted molar refractivity (Wildman–Crippen MR) is 126 cm³/mol. The molecular weight excluding hydrogens is 400 g/mol. The Bertz CT molecular complexity index is 1270. The second kappa shape index (κ2) is 8.67. The molecule has 1 aliphatic heterocycles. The number of aromatic nitrogens is 2. The molecule has 0 atom stereocenters. The lowest BCUT2D eigenvalue weighted by molar-refractivity contribution is -0.126. The van der Waals surface area contributed by atoms with Crippen molar-refractivity contribution < 1.29 is 9.32 Å². The number of anilines is 1. The van der Waals surface area contributed by atoms with Crippen LogP contribution in [0.25, 0.3) is 28.2 Å². The lowest BCUT2D eigenvalue weighted by atomic mass is 10.1. The van der Waals surface area contributed by atoms with Crippen LogP contribution in [0.4, 0.5) is 6.01 Å². The molecule has 2 heterocycles. The van der Waals surface area contributed by atoms with Crippen LogP contribution in [0.2, 0.25) is 0 Å². The van der Waals surface area contributed by atoms with Crippen LogP contribution in [0.1, 0.15) is 11.1 Å². The first-order chi connectivity index (χ1) is 15.7. The zero-order chi connectivity index (χ0) is 21.9. The maximum absolute atomic E-state index is 12.5. The summed E-state index contributed by atoms with van der Waals surface area (Å²) in [6.07, 6.45) is 3.51. The predicted octanol–water partition coefficient (Wildman–Crippen LogP) is 4.56. The van der Waals surface area contributed by atoms with Crippen molar-refractivity contribution in [3.05, 3.63) is 83.9 Å². The van der Waals surface area contributed by atoms with Gasteiger partial charge in [0.1, 0.15) is 0 Å². The number of hydrogen-bond acceptors (Lipinski definition) is 5. The quantitative estimate of drug-likeness (QED) is 0.450. The summed E-state index contributed by atoms with van der Waals surface area (Å²) in [7, 11) is 0. The SMILES string of the molecule is Cc1ccc(/C=C/C(=O)N2CCN(c3nc(-c4ccc5ccccc5c4)no3)CC2)cc1. The minimum atomic E-state index is 0.0209. The molecule has 0 saturated carbocycles. The molecule has 1 fully saturated rings. The van der Waals surface area contributed by atoms with Crippen LogP contribution in [0, 0.1) is 6.92 Å². The third-order valence-corrected chi connectivity index (χ3v) is 5.78.